The fraction of sp³-hybridized carbons (Fsp3) is 0.200. The molecular weight excluding hydrogens is 361 g/mol. The number of alkyl halides is 3. The molecule has 0 fully saturated rings. The largest absolute Gasteiger partial charge is 0.417 e. The van der Waals surface area contributed by atoms with Crippen molar-refractivity contribution in [1.82, 2.24) is 10.1 Å². The van der Waals surface area contributed by atoms with E-state index in [1.54, 1.807) is 6.92 Å². The number of fused-ring (bicyclic) bond motifs is 1. The number of benzene rings is 1. The van der Waals surface area contributed by atoms with E-state index in [4.69, 9.17) is 8.71 Å². The van der Waals surface area contributed by atoms with Crippen LogP contribution in [0.4, 0.5) is 13.2 Å². The lowest BCUT2D eigenvalue weighted by Gasteiger charge is -2.11. The van der Waals surface area contributed by atoms with Gasteiger partial charge in [0, 0.05) is 6.07 Å². The molecule has 0 aliphatic rings. The Morgan fingerprint density at radius 1 is 1.12 bits per heavy atom. The maximum Gasteiger partial charge on any atom is 0.417 e. The van der Waals surface area contributed by atoms with Gasteiger partial charge in [-0.25, -0.2) is 0 Å². The standard InChI is InChI=1S/C15H11F3N2O4S/c1-8-3-5-10(6-4-8)25(21,22)24-12-7-11(15(16,17)18)13-9(2)20-23-14(13)19-12/h3-7H,1-2H3. The second kappa shape index (κ2) is 5.73. The number of nitrogens with zero attached hydrogens (tertiary/aromatic N) is 2. The first-order valence-electron chi connectivity index (χ1n) is 6.93. The topological polar surface area (TPSA) is 82.3 Å². The minimum atomic E-state index is -4.76. The summed E-state index contributed by atoms with van der Waals surface area (Å²) in [7, 11) is -4.35. The molecule has 0 radical (unpaired) electrons. The maximum absolute atomic E-state index is 13.3. The molecule has 2 heterocycles. The van der Waals surface area contributed by atoms with Gasteiger partial charge < -0.3 is 8.71 Å². The molecule has 0 amide bonds. The van der Waals surface area contributed by atoms with Crippen molar-refractivity contribution in [3.05, 3.63) is 47.2 Å². The van der Waals surface area contributed by atoms with Gasteiger partial charge in [-0.1, -0.05) is 22.9 Å². The van der Waals surface area contributed by atoms with Crippen molar-refractivity contribution in [1.29, 1.82) is 0 Å². The Kier molecular flexibility index (Phi) is 3.94. The number of pyridine rings is 1. The normalized spacial score (nSPS) is 12.5. The Morgan fingerprint density at radius 3 is 2.36 bits per heavy atom. The van der Waals surface area contributed by atoms with Crippen molar-refractivity contribution >= 4 is 21.2 Å². The zero-order valence-corrected chi connectivity index (χ0v) is 13.8. The summed E-state index contributed by atoms with van der Waals surface area (Å²) in [5.74, 6) is -0.753. The van der Waals surface area contributed by atoms with Crippen LogP contribution in [0.1, 0.15) is 16.8 Å². The Labute approximate surface area is 140 Å². The number of aryl methyl sites for hydroxylation is 2. The molecule has 10 heteroatoms. The highest BCUT2D eigenvalue weighted by Gasteiger charge is 2.36. The summed E-state index contributed by atoms with van der Waals surface area (Å²) in [6.45, 7) is 3.08. The quantitative estimate of drug-likeness (QED) is 0.653. The molecule has 2 aromatic heterocycles. The van der Waals surface area contributed by atoms with Gasteiger partial charge in [-0.05, 0) is 26.0 Å². The highest BCUT2D eigenvalue weighted by atomic mass is 32.2. The molecule has 0 saturated carbocycles. The zero-order valence-electron chi connectivity index (χ0n) is 13.0. The fourth-order valence-electron chi connectivity index (χ4n) is 2.20. The summed E-state index contributed by atoms with van der Waals surface area (Å²) in [6, 6.07) is 6.15. The second-order valence-corrected chi connectivity index (χ2v) is 6.85. The molecule has 0 aliphatic heterocycles. The van der Waals surface area contributed by atoms with Crippen LogP contribution in [0, 0.1) is 13.8 Å². The summed E-state index contributed by atoms with van der Waals surface area (Å²) in [5, 5.41) is 3.09. The van der Waals surface area contributed by atoms with Crippen LogP contribution < -0.4 is 4.18 Å². The molecular formula is C15H11F3N2O4S. The van der Waals surface area contributed by atoms with E-state index in [1.807, 2.05) is 0 Å². The second-order valence-electron chi connectivity index (χ2n) is 5.30. The molecule has 0 saturated heterocycles. The summed E-state index contributed by atoms with van der Waals surface area (Å²) in [5.41, 5.74) is -0.787. The number of rotatable bonds is 3. The predicted molar refractivity (Wildman–Crippen MR) is 80.5 cm³/mol. The molecule has 0 bridgehead atoms. The van der Waals surface area contributed by atoms with E-state index in [9.17, 15) is 21.6 Å². The van der Waals surface area contributed by atoms with Gasteiger partial charge in [-0.2, -0.15) is 26.6 Å². The van der Waals surface area contributed by atoms with E-state index >= 15 is 0 Å². The minimum absolute atomic E-state index is 0.0113. The molecule has 3 aromatic rings. The van der Waals surface area contributed by atoms with Gasteiger partial charge in [0.05, 0.1) is 16.6 Å². The van der Waals surface area contributed by atoms with Crippen molar-refractivity contribution in [2.45, 2.75) is 24.9 Å². The summed E-state index contributed by atoms with van der Waals surface area (Å²) in [4.78, 5) is 3.46. The van der Waals surface area contributed by atoms with Crippen molar-refractivity contribution in [3.63, 3.8) is 0 Å². The number of hydrogen-bond donors (Lipinski definition) is 0. The van der Waals surface area contributed by atoms with Gasteiger partial charge in [-0.15, -0.1) is 0 Å². The van der Waals surface area contributed by atoms with Gasteiger partial charge in [0.25, 0.3) is 5.71 Å². The highest BCUT2D eigenvalue weighted by Crippen LogP contribution is 2.38. The van der Waals surface area contributed by atoms with Gasteiger partial charge in [0.1, 0.15) is 4.90 Å². The minimum Gasteiger partial charge on any atom is -0.358 e. The van der Waals surface area contributed by atoms with Crippen LogP contribution in [-0.2, 0) is 16.3 Å². The van der Waals surface area contributed by atoms with Crippen LogP contribution in [-0.4, -0.2) is 18.6 Å². The third-order valence-electron chi connectivity index (χ3n) is 3.40. The Bertz CT molecular complexity index is 1040. The third-order valence-corrected chi connectivity index (χ3v) is 4.64. The van der Waals surface area contributed by atoms with Crippen molar-refractivity contribution < 1.29 is 30.3 Å². The molecule has 1 aromatic carbocycles. The molecule has 6 nitrogen and oxygen atoms in total. The lowest BCUT2D eigenvalue weighted by Crippen LogP contribution is -2.13. The first kappa shape index (κ1) is 17.2. The van der Waals surface area contributed by atoms with Crippen molar-refractivity contribution in [3.8, 4) is 5.88 Å². The summed E-state index contributed by atoms with van der Waals surface area (Å²) >= 11 is 0. The number of halogens is 3. The average molecular weight is 372 g/mol. The van der Waals surface area contributed by atoms with E-state index in [2.05, 4.69) is 10.1 Å². The molecule has 0 N–H and O–H groups in total. The van der Waals surface area contributed by atoms with Crippen LogP contribution in [0.5, 0.6) is 5.88 Å². The first-order chi connectivity index (χ1) is 11.6. The first-order valence-corrected chi connectivity index (χ1v) is 8.34. The van der Waals surface area contributed by atoms with E-state index in [0.29, 0.717) is 6.07 Å². The van der Waals surface area contributed by atoms with Crippen LogP contribution in [0.2, 0.25) is 0 Å². The van der Waals surface area contributed by atoms with Gasteiger partial charge in [0.2, 0.25) is 5.88 Å². The smallest absolute Gasteiger partial charge is 0.358 e. The Hall–Kier alpha value is -2.62. The van der Waals surface area contributed by atoms with E-state index in [-0.39, 0.29) is 16.0 Å². The number of aromatic nitrogens is 2. The van der Waals surface area contributed by atoms with Gasteiger partial charge in [0.15, 0.2) is 0 Å². The highest BCUT2D eigenvalue weighted by molar-refractivity contribution is 7.87. The van der Waals surface area contributed by atoms with E-state index < -0.39 is 33.5 Å². The Balaban J connectivity index is 2.09. The monoisotopic (exact) mass is 372 g/mol. The van der Waals surface area contributed by atoms with Gasteiger partial charge >= 0.3 is 16.3 Å². The lowest BCUT2D eigenvalue weighted by molar-refractivity contribution is -0.136. The number of hydrogen-bond acceptors (Lipinski definition) is 6. The summed E-state index contributed by atoms with van der Waals surface area (Å²) in [6.07, 6.45) is -4.76. The third kappa shape index (κ3) is 3.29. The fourth-order valence-corrected chi connectivity index (χ4v) is 3.08. The molecule has 25 heavy (non-hydrogen) atoms. The molecule has 0 spiro atoms. The van der Waals surface area contributed by atoms with Crippen LogP contribution in [0.3, 0.4) is 0 Å². The predicted octanol–water partition coefficient (Wildman–Crippen LogP) is 3.63. The summed E-state index contributed by atoms with van der Waals surface area (Å²) < 4.78 is 73.7. The Morgan fingerprint density at radius 2 is 1.76 bits per heavy atom. The van der Waals surface area contributed by atoms with Crippen LogP contribution in [0.25, 0.3) is 11.1 Å². The van der Waals surface area contributed by atoms with E-state index in [0.717, 1.165) is 5.56 Å². The average Bonchev–Trinajstić information content (AvgIpc) is 2.87. The maximum atomic E-state index is 13.3. The van der Waals surface area contributed by atoms with Crippen molar-refractivity contribution in [2.24, 2.45) is 0 Å². The SMILES string of the molecule is Cc1ccc(S(=O)(=O)Oc2cc(C(F)(F)F)c3c(C)noc3n2)cc1. The molecule has 132 valence electrons. The molecule has 0 unspecified atom stereocenters. The van der Waals surface area contributed by atoms with Crippen molar-refractivity contribution in [2.75, 3.05) is 0 Å². The van der Waals surface area contributed by atoms with Crippen LogP contribution in [0.15, 0.2) is 39.8 Å². The molecule has 0 atom stereocenters. The molecule has 3 rings (SSSR count). The zero-order chi connectivity index (χ0) is 18.4. The van der Waals surface area contributed by atoms with E-state index in [1.165, 1.54) is 31.2 Å². The lowest BCUT2D eigenvalue weighted by atomic mass is 10.1. The van der Waals surface area contributed by atoms with Crippen LogP contribution >= 0.6 is 0 Å². The van der Waals surface area contributed by atoms with Gasteiger partial charge in [-0.3, -0.25) is 0 Å². The molecule has 0 aliphatic carbocycles.